The number of fused-ring (bicyclic) bond motifs is 4. The number of nitrogens with zero attached hydrogens (tertiary/aromatic N) is 2. The quantitative estimate of drug-likeness (QED) is 0.251. The topological polar surface area (TPSA) is 157 Å². The Morgan fingerprint density at radius 3 is 1.50 bits per heavy atom. The molecule has 4 aliphatic carbocycles. The smallest absolute Gasteiger partial charge is 0.307 e. The molecule has 2 fully saturated rings. The zero-order valence-corrected chi connectivity index (χ0v) is 32.2. The molecular weight excluding hydrogens is 701 g/mol. The first-order valence-electron chi connectivity index (χ1n) is 19.3. The molecule has 0 saturated carbocycles. The molecule has 2 atom stereocenters. The van der Waals surface area contributed by atoms with E-state index >= 15 is 0 Å². The Morgan fingerprint density at radius 1 is 0.692 bits per heavy atom. The largest absolute Gasteiger partial charge is 0.332 e. The van der Waals surface area contributed by atoms with Gasteiger partial charge < -0.3 is 10.6 Å². The van der Waals surface area contributed by atoms with E-state index in [2.05, 4.69) is 48.9 Å². The van der Waals surface area contributed by atoms with Crippen LogP contribution in [0.4, 0.5) is 21.0 Å². The molecule has 14 heteroatoms. The minimum Gasteiger partial charge on any atom is -0.307 e. The Labute approximate surface area is 314 Å². The van der Waals surface area contributed by atoms with E-state index in [0.717, 1.165) is 121 Å². The van der Waals surface area contributed by atoms with Gasteiger partial charge in [-0.25, -0.2) is 35.9 Å². The summed E-state index contributed by atoms with van der Waals surface area (Å²) in [5.41, 5.74) is 11.8. The maximum absolute atomic E-state index is 12.4. The van der Waals surface area contributed by atoms with Crippen molar-refractivity contribution in [2.24, 2.45) is 0 Å². The number of hydrogen-bond donors (Lipinski definition) is 4. The number of hydrogen-bond acceptors (Lipinski definition) is 8. The van der Waals surface area contributed by atoms with Gasteiger partial charge in [-0.05, 0) is 168 Å². The van der Waals surface area contributed by atoms with Gasteiger partial charge in [0.15, 0.2) is 0 Å². The molecule has 52 heavy (non-hydrogen) atoms. The first-order chi connectivity index (χ1) is 24.9. The molecule has 2 aromatic carbocycles. The summed E-state index contributed by atoms with van der Waals surface area (Å²) in [5, 5.41) is 5.77. The van der Waals surface area contributed by atoms with Gasteiger partial charge in [0.1, 0.15) is 0 Å². The second-order valence-electron chi connectivity index (χ2n) is 15.6. The van der Waals surface area contributed by atoms with Crippen molar-refractivity contribution in [1.29, 1.82) is 0 Å². The van der Waals surface area contributed by atoms with Gasteiger partial charge in [-0.15, -0.1) is 0 Å². The Morgan fingerprint density at radius 2 is 1.13 bits per heavy atom. The summed E-state index contributed by atoms with van der Waals surface area (Å²) in [5.74, 6) is -0.0960. The van der Waals surface area contributed by atoms with Crippen LogP contribution in [0.15, 0.2) is 12.1 Å². The summed E-state index contributed by atoms with van der Waals surface area (Å²) >= 11 is 0. The molecule has 8 rings (SSSR count). The molecule has 2 unspecified atom stereocenters. The molecule has 2 aliphatic heterocycles. The number of urea groups is 2. The first-order valence-corrected chi connectivity index (χ1v) is 22.6. The Bertz CT molecular complexity index is 1900. The monoisotopic (exact) mass is 762 g/mol. The third-order valence-electron chi connectivity index (χ3n) is 12.0. The average molecular weight is 763 g/mol. The lowest BCUT2D eigenvalue weighted by Crippen LogP contribution is -2.49. The van der Waals surface area contributed by atoms with Gasteiger partial charge in [0.2, 0.25) is 20.0 Å². The molecule has 2 heterocycles. The molecular formula is C38H62N6O6S2. The summed E-state index contributed by atoms with van der Waals surface area (Å²) in [4.78, 5) is 29.1. The first kappa shape index (κ1) is 37.1. The van der Waals surface area contributed by atoms with E-state index in [1.807, 2.05) is 6.92 Å². The third kappa shape index (κ3) is 8.29. The van der Waals surface area contributed by atoms with E-state index in [4.69, 9.17) is 0 Å². The number of aryl methyl sites for hydroxylation is 4. The molecule has 4 amide bonds. The summed E-state index contributed by atoms with van der Waals surface area (Å²) in [6, 6.07) is 3.69. The zero-order valence-electron chi connectivity index (χ0n) is 30.6. The molecule has 4 N–H and O–H groups in total. The molecule has 292 valence electrons. The highest BCUT2D eigenvalue weighted by molar-refractivity contribution is 7.90. The van der Waals surface area contributed by atoms with E-state index in [1.54, 1.807) is 0 Å². The van der Waals surface area contributed by atoms with E-state index in [1.165, 1.54) is 44.5 Å². The summed E-state index contributed by atoms with van der Waals surface area (Å²) in [6.45, 7) is 7.27. The zero-order chi connectivity index (χ0) is 36.6. The number of carbonyl (C=O) groups excluding carboxylic acids is 2. The van der Waals surface area contributed by atoms with Crippen LogP contribution in [0.25, 0.3) is 0 Å². The minimum absolute atomic E-state index is 0. The maximum atomic E-state index is 12.4. The van der Waals surface area contributed by atoms with Crippen LogP contribution < -0.4 is 20.1 Å². The van der Waals surface area contributed by atoms with E-state index < -0.39 is 32.1 Å². The predicted molar refractivity (Wildman–Crippen MR) is 213 cm³/mol. The second-order valence-corrected chi connectivity index (χ2v) is 19.2. The highest BCUT2D eigenvalue weighted by Gasteiger charge is 2.30. The van der Waals surface area contributed by atoms with Gasteiger partial charge in [0.25, 0.3) is 0 Å². The molecule has 2 saturated heterocycles. The highest BCUT2D eigenvalue weighted by atomic mass is 32.2. The van der Waals surface area contributed by atoms with Gasteiger partial charge in [-0.1, -0.05) is 12.1 Å². The number of anilines is 2. The third-order valence-corrected chi connectivity index (χ3v) is 14.6. The van der Waals surface area contributed by atoms with E-state index in [9.17, 15) is 26.4 Å². The minimum atomic E-state index is -3.65. The predicted octanol–water partition coefficient (Wildman–Crippen LogP) is 5.40. The average Bonchev–Trinajstić information content (AvgIpc) is 3.86. The molecule has 0 radical (unpaired) electrons. The van der Waals surface area contributed by atoms with Crippen molar-refractivity contribution in [2.45, 2.75) is 116 Å². The number of benzene rings is 2. The summed E-state index contributed by atoms with van der Waals surface area (Å²) < 4.78 is 53.6. The van der Waals surface area contributed by atoms with Crippen molar-refractivity contribution in [3.8, 4) is 0 Å². The van der Waals surface area contributed by atoms with Crippen LogP contribution in [0.2, 0.25) is 0 Å². The van der Waals surface area contributed by atoms with Crippen LogP contribution in [0, 0.1) is 0 Å². The lowest BCUT2D eigenvalue weighted by molar-refractivity contribution is 0.114. The van der Waals surface area contributed by atoms with Crippen LogP contribution >= 0.6 is 0 Å². The number of rotatable bonds is 10. The summed E-state index contributed by atoms with van der Waals surface area (Å²) in [6.07, 6.45) is 14.6. The maximum Gasteiger partial charge on any atom is 0.332 e. The van der Waals surface area contributed by atoms with Gasteiger partial charge in [-0.3, -0.25) is 9.80 Å². The van der Waals surface area contributed by atoms with Crippen LogP contribution in [0.3, 0.4) is 0 Å². The van der Waals surface area contributed by atoms with Crippen molar-refractivity contribution in [1.82, 2.24) is 19.2 Å². The fourth-order valence-corrected chi connectivity index (χ4v) is 11.1. The number of amides is 4. The highest BCUT2D eigenvalue weighted by Crippen LogP contribution is 2.40. The van der Waals surface area contributed by atoms with E-state index in [-0.39, 0.29) is 23.3 Å². The van der Waals surface area contributed by atoms with Crippen LogP contribution in [0.5, 0.6) is 0 Å². The molecule has 6 aliphatic rings. The van der Waals surface area contributed by atoms with Gasteiger partial charge in [0.05, 0.1) is 11.5 Å². The molecule has 2 aromatic rings. The Balaban J connectivity index is 0.000000280. The number of nitrogens with one attached hydrogen (secondary N) is 4. The molecule has 0 spiro atoms. The van der Waals surface area contributed by atoms with Gasteiger partial charge in [0, 0.05) is 35.7 Å². The van der Waals surface area contributed by atoms with Gasteiger partial charge >= 0.3 is 12.1 Å². The molecule has 12 nitrogen and oxygen atoms in total. The number of likely N-dealkylation sites (tertiary alicyclic amines) is 2. The standard InChI is InChI=1S/2C19H27N3O3S.4H2/c1-13(22-9-4-10-22)12-26(24,25)21-19(23)20-18-16-7-2-5-14(16)11-15-6-3-8-17(15)18;1-13-8-9-22(13)10-11-26(24,25)21-19(23)20-18-16-6-2-4-14(16)12-15-5-3-7-17(15)18;;;;/h11,13H,2-10,12H2,1H3,(H2,20,21,23);12-13H,2-11H2,1H3,(H2,20,21,23);4*1H. The lowest BCUT2D eigenvalue weighted by atomic mass is 9.99. The normalized spacial score (nSPS) is 21.0. The van der Waals surface area contributed by atoms with Crippen molar-refractivity contribution in [3.63, 3.8) is 0 Å². The fraction of sp³-hybridized carbons (Fsp3) is 0.632. The van der Waals surface area contributed by atoms with Crippen LogP contribution in [-0.4, -0.2) is 88.5 Å². The summed E-state index contributed by atoms with van der Waals surface area (Å²) in [7, 11) is -7.28. The molecule has 0 bridgehead atoms. The van der Waals surface area contributed by atoms with Crippen LogP contribution in [-0.2, 0) is 71.4 Å². The SMILES string of the molecule is CC(CS(=O)(=O)NC(=O)Nc1c2c(cc3c1CCC3)CCC2)N1CCC1.CC1CCN1CCS(=O)(=O)NC(=O)Nc1c2c(cc3c1CCC3)CCC2.[HH].[HH].[HH].[HH]. The van der Waals surface area contributed by atoms with Crippen molar-refractivity contribution >= 4 is 43.5 Å². The Kier molecular flexibility index (Phi) is 10.9. The second kappa shape index (κ2) is 15.3. The fourth-order valence-electron chi connectivity index (χ4n) is 8.93. The van der Waals surface area contributed by atoms with Crippen LogP contribution in [0.1, 0.15) is 103 Å². The van der Waals surface area contributed by atoms with E-state index in [0.29, 0.717) is 12.6 Å². The van der Waals surface area contributed by atoms with Gasteiger partial charge in [-0.2, -0.15) is 0 Å². The van der Waals surface area contributed by atoms with Crippen molar-refractivity contribution in [2.75, 3.05) is 48.3 Å². The van der Waals surface area contributed by atoms with Crippen molar-refractivity contribution < 1.29 is 32.1 Å². The molecule has 0 aromatic heterocycles. The van der Waals surface area contributed by atoms with Crippen molar-refractivity contribution in [3.05, 3.63) is 56.6 Å². The number of sulfonamides is 2. The lowest BCUT2D eigenvalue weighted by Gasteiger charge is -2.38. The Hall–Kier alpha value is -3.20. The number of carbonyl (C=O) groups is 2.